The molecule has 2 unspecified atom stereocenters. The van der Waals surface area contributed by atoms with Crippen molar-refractivity contribution in [2.75, 3.05) is 40.3 Å². The monoisotopic (exact) mass is 200 g/mol. The van der Waals surface area contributed by atoms with Crippen molar-refractivity contribution in [2.45, 2.75) is 25.9 Å². The molecular formula is C11H24N2O. The minimum absolute atomic E-state index is 0.364. The number of piperidine rings is 1. The van der Waals surface area contributed by atoms with Gasteiger partial charge in [-0.05, 0) is 45.8 Å². The first kappa shape index (κ1) is 12.0. The highest BCUT2D eigenvalue weighted by molar-refractivity contribution is 4.75. The van der Waals surface area contributed by atoms with Gasteiger partial charge >= 0.3 is 0 Å². The highest BCUT2D eigenvalue weighted by Crippen LogP contribution is 2.15. The Morgan fingerprint density at radius 1 is 1.57 bits per heavy atom. The van der Waals surface area contributed by atoms with Crippen LogP contribution in [0, 0.1) is 5.92 Å². The molecule has 1 fully saturated rings. The fourth-order valence-electron chi connectivity index (χ4n) is 2.21. The lowest BCUT2D eigenvalue weighted by molar-refractivity contribution is 0.0594. The summed E-state index contributed by atoms with van der Waals surface area (Å²) in [5, 5.41) is 3.27. The molecule has 1 aliphatic rings. The van der Waals surface area contributed by atoms with Gasteiger partial charge in [-0.25, -0.2) is 0 Å². The summed E-state index contributed by atoms with van der Waals surface area (Å²) in [7, 11) is 3.83. The molecule has 0 saturated carbocycles. The number of hydrogen-bond donors (Lipinski definition) is 1. The van der Waals surface area contributed by atoms with Gasteiger partial charge in [0.05, 0.1) is 6.10 Å². The van der Waals surface area contributed by atoms with Crippen LogP contribution in [0.5, 0.6) is 0 Å². The lowest BCUT2D eigenvalue weighted by atomic mass is 9.98. The summed E-state index contributed by atoms with van der Waals surface area (Å²) in [6.07, 6.45) is 3.07. The van der Waals surface area contributed by atoms with Crippen LogP contribution in [0.1, 0.15) is 19.8 Å². The van der Waals surface area contributed by atoms with Crippen LogP contribution in [-0.4, -0.2) is 51.3 Å². The van der Waals surface area contributed by atoms with Crippen LogP contribution in [-0.2, 0) is 4.74 Å². The van der Waals surface area contributed by atoms with E-state index in [0.29, 0.717) is 6.10 Å². The van der Waals surface area contributed by atoms with Gasteiger partial charge in [-0.3, -0.25) is 0 Å². The second-order valence-corrected chi connectivity index (χ2v) is 4.37. The van der Waals surface area contributed by atoms with Crippen molar-refractivity contribution in [3.05, 3.63) is 0 Å². The molecule has 0 spiro atoms. The summed E-state index contributed by atoms with van der Waals surface area (Å²) in [5.74, 6) is 0.831. The van der Waals surface area contributed by atoms with Crippen LogP contribution in [0.15, 0.2) is 0 Å². The fraction of sp³-hybridized carbons (Fsp3) is 1.00. The average molecular weight is 200 g/mol. The van der Waals surface area contributed by atoms with Crippen molar-refractivity contribution in [3.63, 3.8) is 0 Å². The van der Waals surface area contributed by atoms with Gasteiger partial charge in [-0.2, -0.15) is 0 Å². The zero-order valence-corrected chi connectivity index (χ0v) is 9.75. The van der Waals surface area contributed by atoms with E-state index in [-0.39, 0.29) is 0 Å². The Bertz CT molecular complexity index is 150. The van der Waals surface area contributed by atoms with E-state index >= 15 is 0 Å². The van der Waals surface area contributed by atoms with Gasteiger partial charge in [0.2, 0.25) is 0 Å². The first-order chi connectivity index (χ1) is 6.76. The van der Waals surface area contributed by atoms with E-state index in [0.717, 1.165) is 19.0 Å². The predicted octanol–water partition coefficient (Wildman–Crippen LogP) is 0.953. The molecule has 0 aromatic rings. The van der Waals surface area contributed by atoms with Gasteiger partial charge in [0, 0.05) is 20.2 Å². The van der Waals surface area contributed by atoms with Crippen LogP contribution >= 0.6 is 0 Å². The number of methoxy groups -OCH3 is 1. The third-order valence-corrected chi connectivity index (χ3v) is 3.01. The molecule has 1 N–H and O–H groups in total. The van der Waals surface area contributed by atoms with Gasteiger partial charge in [0.15, 0.2) is 0 Å². The molecule has 1 heterocycles. The van der Waals surface area contributed by atoms with E-state index in [1.165, 1.54) is 25.9 Å². The Labute approximate surface area is 87.8 Å². The normalized spacial score (nSPS) is 26.4. The van der Waals surface area contributed by atoms with Crippen molar-refractivity contribution in [1.29, 1.82) is 0 Å². The van der Waals surface area contributed by atoms with E-state index in [1.807, 2.05) is 7.05 Å². The van der Waals surface area contributed by atoms with Crippen molar-refractivity contribution in [2.24, 2.45) is 5.92 Å². The van der Waals surface area contributed by atoms with Crippen molar-refractivity contribution in [3.8, 4) is 0 Å². The van der Waals surface area contributed by atoms with Gasteiger partial charge < -0.3 is 15.0 Å². The topological polar surface area (TPSA) is 24.5 Å². The van der Waals surface area contributed by atoms with Crippen molar-refractivity contribution in [1.82, 2.24) is 10.2 Å². The summed E-state index contributed by atoms with van der Waals surface area (Å²) in [6, 6.07) is 0. The van der Waals surface area contributed by atoms with Gasteiger partial charge in [0.25, 0.3) is 0 Å². The molecule has 0 aromatic heterocycles. The molecule has 3 heteroatoms. The molecule has 0 amide bonds. The highest BCUT2D eigenvalue weighted by atomic mass is 16.5. The summed E-state index contributed by atoms with van der Waals surface area (Å²) in [6.45, 7) is 6.85. The SMILES string of the molecule is CNCC1CCCN(CC(C)OC)C1. The van der Waals surface area contributed by atoms with Gasteiger partial charge in [-0.1, -0.05) is 0 Å². The Kier molecular flexibility index (Phi) is 5.45. The smallest absolute Gasteiger partial charge is 0.0670 e. The molecule has 2 atom stereocenters. The molecule has 0 aromatic carbocycles. The van der Waals surface area contributed by atoms with E-state index < -0.39 is 0 Å². The van der Waals surface area contributed by atoms with E-state index in [4.69, 9.17) is 4.74 Å². The number of rotatable bonds is 5. The largest absolute Gasteiger partial charge is 0.380 e. The van der Waals surface area contributed by atoms with Gasteiger partial charge in [-0.15, -0.1) is 0 Å². The van der Waals surface area contributed by atoms with E-state index in [1.54, 1.807) is 7.11 Å². The van der Waals surface area contributed by atoms with Crippen LogP contribution in [0.4, 0.5) is 0 Å². The minimum Gasteiger partial charge on any atom is -0.380 e. The van der Waals surface area contributed by atoms with Crippen LogP contribution < -0.4 is 5.32 Å². The molecule has 1 saturated heterocycles. The molecule has 0 radical (unpaired) electrons. The third-order valence-electron chi connectivity index (χ3n) is 3.01. The maximum absolute atomic E-state index is 5.29. The number of nitrogens with one attached hydrogen (secondary N) is 1. The second kappa shape index (κ2) is 6.38. The Morgan fingerprint density at radius 2 is 2.36 bits per heavy atom. The standard InChI is InChI=1S/C11H24N2O/c1-10(14-3)8-13-6-4-5-11(9-13)7-12-2/h10-12H,4-9H2,1-3H3. The maximum atomic E-state index is 5.29. The molecular weight excluding hydrogens is 176 g/mol. The summed E-state index contributed by atoms with van der Waals surface area (Å²) >= 11 is 0. The number of hydrogen-bond acceptors (Lipinski definition) is 3. The Morgan fingerprint density at radius 3 is 3.00 bits per heavy atom. The number of likely N-dealkylation sites (tertiary alicyclic amines) is 1. The quantitative estimate of drug-likeness (QED) is 0.715. The third kappa shape index (κ3) is 3.95. The molecule has 1 rings (SSSR count). The van der Waals surface area contributed by atoms with E-state index in [2.05, 4.69) is 17.1 Å². The number of ether oxygens (including phenoxy) is 1. The Hall–Kier alpha value is -0.120. The van der Waals surface area contributed by atoms with Crippen molar-refractivity contribution >= 4 is 0 Å². The fourth-order valence-corrected chi connectivity index (χ4v) is 2.21. The van der Waals surface area contributed by atoms with Crippen molar-refractivity contribution < 1.29 is 4.74 Å². The lowest BCUT2D eigenvalue weighted by Crippen LogP contribution is -2.42. The Balaban J connectivity index is 2.25. The first-order valence-electron chi connectivity index (χ1n) is 5.66. The average Bonchev–Trinajstić information content (AvgIpc) is 2.19. The van der Waals surface area contributed by atoms with Gasteiger partial charge in [0.1, 0.15) is 0 Å². The molecule has 3 nitrogen and oxygen atoms in total. The van der Waals surface area contributed by atoms with Crippen LogP contribution in [0.25, 0.3) is 0 Å². The lowest BCUT2D eigenvalue weighted by Gasteiger charge is -2.33. The molecule has 0 bridgehead atoms. The zero-order chi connectivity index (χ0) is 10.4. The molecule has 1 aliphatic heterocycles. The first-order valence-corrected chi connectivity index (χ1v) is 5.66. The highest BCUT2D eigenvalue weighted by Gasteiger charge is 2.20. The molecule has 14 heavy (non-hydrogen) atoms. The van der Waals surface area contributed by atoms with Crippen LogP contribution in [0.3, 0.4) is 0 Å². The van der Waals surface area contributed by atoms with Crippen LogP contribution in [0.2, 0.25) is 0 Å². The number of nitrogens with zero attached hydrogens (tertiary/aromatic N) is 1. The van der Waals surface area contributed by atoms with E-state index in [9.17, 15) is 0 Å². The summed E-state index contributed by atoms with van der Waals surface area (Å²) in [5.41, 5.74) is 0. The zero-order valence-electron chi connectivity index (χ0n) is 9.75. The second-order valence-electron chi connectivity index (χ2n) is 4.37. The predicted molar refractivity (Wildman–Crippen MR) is 59.6 cm³/mol. The molecule has 0 aliphatic carbocycles. The maximum Gasteiger partial charge on any atom is 0.0670 e. The molecule has 84 valence electrons. The summed E-state index contributed by atoms with van der Waals surface area (Å²) < 4.78 is 5.29. The minimum atomic E-state index is 0.364. The summed E-state index contributed by atoms with van der Waals surface area (Å²) in [4.78, 5) is 2.53.